The smallest absolute Gasteiger partial charge is 0.125 e. The highest BCUT2D eigenvalue weighted by Gasteiger charge is 2.31. The van der Waals surface area contributed by atoms with Crippen molar-refractivity contribution in [3.05, 3.63) is 16.1 Å². The zero-order valence-corrected chi connectivity index (χ0v) is 12.4. The summed E-state index contributed by atoms with van der Waals surface area (Å²) in [4.78, 5) is 5.84. The minimum Gasteiger partial charge on any atom is -0.371 e. The number of hydrogen-bond acceptors (Lipinski definition) is 4. The Labute approximate surface area is 109 Å². The molecule has 0 amide bonds. The average Bonchev–Trinajstić information content (AvgIpc) is 2.83. The van der Waals surface area contributed by atoms with Crippen LogP contribution >= 0.6 is 11.3 Å². The molecule has 0 aliphatic rings. The lowest BCUT2D eigenvalue weighted by molar-refractivity contribution is -0.0218. The number of nitrogens with zero attached hydrogens (tertiary/aromatic N) is 1. The summed E-state index contributed by atoms with van der Waals surface area (Å²) in [7, 11) is 1.78. The summed E-state index contributed by atoms with van der Waals surface area (Å²) in [5.74, 6) is 0. The van der Waals surface area contributed by atoms with Crippen LogP contribution in [0.3, 0.4) is 0 Å². The monoisotopic (exact) mass is 256 g/mol. The average molecular weight is 256 g/mol. The van der Waals surface area contributed by atoms with Gasteiger partial charge in [0.25, 0.3) is 0 Å². The van der Waals surface area contributed by atoms with E-state index in [2.05, 4.69) is 38.0 Å². The molecule has 0 aliphatic heterocycles. The molecule has 0 saturated heterocycles. The van der Waals surface area contributed by atoms with Gasteiger partial charge in [-0.1, -0.05) is 20.8 Å². The van der Waals surface area contributed by atoms with Crippen LogP contribution in [0.15, 0.2) is 6.20 Å². The maximum absolute atomic E-state index is 5.70. The third kappa shape index (κ3) is 3.06. The fraction of sp³-hybridized carbons (Fsp3) is 0.769. The molecule has 0 fully saturated rings. The van der Waals surface area contributed by atoms with Gasteiger partial charge in [0.1, 0.15) is 10.6 Å². The van der Waals surface area contributed by atoms with Crippen LogP contribution in [0.5, 0.6) is 0 Å². The zero-order chi connectivity index (χ0) is 12.9. The second-order valence-electron chi connectivity index (χ2n) is 4.25. The van der Waals surface area contributed by atoms with Gasteiger partial charge in [0, 0.05) is 24.2 Å². The van der Waals surface area contributed by atoms with Gasteiger partial charge in [-0.15, -0.1) is 11.3 Å². The Bertz CT molecular complexity index is 326. The molecule has 98 valence electrons. The Balaban J connectivity index is 2.92. The molecule has 1 atom stereocenters. The van der Waals surface area contributed by atoms with Gasteiger partial charge in [0.05, 0.1) is 0 Å². The van der Waals surface area contributed by atoms with Gasteiger partial charge in [-0.3, -0.25) is 0 Å². The molecule has 3 nitrogen and oxygen atoms in total. The van der Waals surface area contributed by atoms with E-state index in [1.807, 2.05) is 6.20 Å². The van der Waals surface area contributed by atoms with Crippen LogP contribution in [0.4, 0.5) is 0 Å². The summed E-state index contributed by atoms with van der Waals surface area (Å²) in [6.45, 7) is 9.58. The maximum Gasteiger partial charge on any atom is 0.125 e. The molecule has 1 heterocycles. The van der Waals surface area contributed by atoms with E-state index < -0.39 is 0 Å². The standard InChI is InChI=1S/C13H24N2OS/c1-6-13(7-2,16-5)12-15-9-11(17-12)10(4)14-8-3/h9-10,14H,6-8H2,1-5H3. The number of nitrogens with one attached hydrogen (secondary N) is 1. The summed E-state index contributed by atoms with van der Waals surface area (Å²) in [5, 5.41) is 4.51. The van der Waals surface area contributed by atoms with Gasteiger partial charge in [-0.05, 0) is 26.3 Å². The highest BCUT2D eigenvalue weighted by atomic mass is 32.1. The van der Waals surface area contributed by atoms with Crippen LogP contribution in [0, 0.1) is 0 Å². The van der Waals surface area contributed by atoms with Crippen molar-refractivity contribution in [2.75, 3.05) is 13.7 Å². The Kier molecular flexibility index (Phi) is 5.56. The van der Waals surface area contributed by atoms with Gasteiger partial charge in [0.2, 0.25) is 0 Å². The summed E-state index contributed by atoms with van der Waals surface area (Å²) in [6.07, 6.45) is 3.90. The highest BCUT2D eigenvalue weighted by molar-refractivity contribution is 7.11. The lowest BCUT2D eigenvalue weighted by Crippen LogP contribution is -2.26. The summed E-state index contributed by atoms with van der Waals surface area (Å²) < 4.78 is 5.70. The molecule has 0 spiro atoms. The Hall–Kier alpha value is -0.450. The van der Waals surface area contributed by atoms with Crippen molar-refractivity contribution >= 4 is 11.3 Å². The number of methoxy groups -OCH3 is 1. The molecular formula is C13H24N2OS. The van der Waals surface area contributed by atoms with Crippen molar-refractivity contribution in [2.45, 2.75) is 52.2 Å². The Morgan fingerprint density at radius 3 is 2.53 bits per heavy atom. The fourth-order valence-electron chi connectivity index (χ4n) is 2.03. The normalized spacial score (nSPS) is 13.9. The number of thiazole rings is 1. The molecule has 17 heavy (non-hydrogen) atoms. The van der Waals surface area contributed by atoms with E-state index >= 15 is 0 Å². The van der Waals surface area contributed by atoms with Crippen molar-refractivity contribution in [3.63, 3.8) is 0 Å². The molecule has 0 radical (unpaired) electrons. The van der Waals surface area contributed by atoms with Crippen molar-refractivity contribution < 1.29 is 4.74 Å². The van der Waals surface area contributed by atoms with E-state index in [4.69, 9.17) is 4.74 Å². The molecular weight excluding hydrogens is 232 g/mol. The van der Waals surface area contributed by atoms with E-state index in [0.717, 1.165) is 24.4 Å². The van der Waals surface area contributed by atoms with Crippen LogP contribution in [0.1, 0.15) is 56.5 Å². The zero-order valence-electron chi connectivity index (χ0n) is 11.5. The molecule has 0 aromatic carbocycles. The number of rotatable bonds is 7. The van der Waals surface area contributed by atoms with Crippen LogP contribution < -0.4 is 5.32 Å². The van der Waals surface area contributed by atoms with E-state index in [0.29, 0.717) is 6.04 Å². The third-order valence-electron chi connectivity index (χ3n) is 3.38. The van der Waals surface area contributed by atoms with Crippen LogP contribution in [-0.4, -0.2) is 18.6 Å². The molecule has 0 saturated carbocycles. The lowest BCUT2D eigenvalue weighted by Gasteiger charge is -2.27. The van der Waals surface area contributed by atoms with Gasteiger partial charge >= 0.3 is 0 Å². The number of aromatic nitrogens is 1. The Morgan fingerprint density at radius 2 is 2.06 bits per heavy atom. The van der Waals surface area contributed by atoms with Crippen molar-refractivity contribution in [1.29, 1.82) is 0 Å². The number of hydrogen-bond donors (Lipinski definition) is 1. The molecule has 1 aromatic heterocycles. The van der Waals surface area contributed by atoms with E-state index in [-0.39, 0.29) is 5.60 Å². The molecule has 4 heteroatoms. The largest absolute Gasteiger partial charge is 0.371 e. The maximum atomic E-state index is 5.70. The first kappa shape index (κ1) is 14.6. The first-order valence-electron chi connectivity index (χ1n) is 6.38. The fourth-order valence-corrected chi connectivity index (χ4v) is 3.28. The lowest BCUT2D eigenvalue weighted by atomic mass is 9.98. The van der Waals surface area contributed by atoms with Crippen molar-refractivity contribution in [3.8, 4) is 0 Å². The predicted molar refractivity (Wildman–Crippen MR) is 73.5 cm³/mol. The van der Waals surface area contributed by atoms with Gasteiger partial charge in [0.15, 0.2) is 0 Å². The summed E-state index contributed by atoms with van der Waals surface area (Å²) >= 11 is 1.76. The summed E-state index contributed by atoms with van der Waals surface area (Å²) in [5.41, 5.74) is -0.200. The van der Waals surface area contributed by atoms with Gasteiger partial charge in [-0.2, -0.15) is 0 Å². The third-order valence-corrected chi connectivity index (χ3v) is 4.75. The molecule has 1 unspecified atom stereocenters. The number of ether oxygens (including phenoxy) is 1. The van der Waals surface area contributed by atoms with E-state index in [1.165, 1.54) is 4.88 Å². The quantitative estimate of drug-likeness (QED) is 0.811. The Morgan fingerprint density at radius 1 is 1.41 bits per heavy atom. The van der Waals surface area contributed by atoms with Crippen LogP contribution in [0.2, 0.25) is 0 Å². The van der Waals surface area contributed by atoms with E-state index in [9.17, 15) is 0 Å². The molecule has 0 bridgehead atoms. The molecule has 1 rings (SSSR count). The van der Waals surface area contributed by atoms with Crippen molar-refractivity contribution in [2.24, 2.45) is 0 Å². The first-order chi connectivity index (χ1) is 8.13. The van der Waals surface area contributed by atoms with Gasteiger partial charge in [-0.25, -0.2) is 4.98 Å². The second kappa shape index (κ2) is 6.47. The molecule has 0 aliphatic carbocycles. The minimum absolute atomic E-state index is 0.200. The topological polar surface area (TPSA) is 34.2 Å². The van der Waals surface area contributed by atoms with E-state index in [1.54, 1.807) is 18.4 Å². The van der Waals surface area contributed by atoms with Crippen LogP contribution in [0.25, 0.3) is 0 Å². The molecule has 1 aromatic rings. The van der Waals surface area contributed by atoms with Crippen LogP contribution in [-0.2, 0) is 10.3 Å². The molecule has 1 N–H and O–H groups in total. The highest BCUT2D eigenvalue weighted by Crippen LogP contribution is 2.36. The SMILES string of the molecule is CCNC(C)c1cnc(C(CC)(CC)OC)s1. The summed E-state index contributed by atoms with van der Waals surface area (Å²) in [6, 6.07) is 0.370. The minimum atomic E-state index is -0.200. The predicted octanol–water partition coefficient (Wildman–Crippen LogP) is 3.48. The first-order valence-corrected chi connectivity index (χ1v) is 7.19. The second-order valence-corrected chi connectivity index (χ2v) is 5.31. The van der Waals surface area contributed by atoms with Crippen molar-refractivity contribution in [1.82, 2.24) is 10.3 Å². The van der Waals surface area contributed by atoms with Gasteiger partial charge < -0.3 is 10.1 Å².